The fourth-order valence-electron chi connectivity index (χ4n) is 4.16. The molecule has 0 unspecified atom stereocenters. The minimum Gasteiger partial charge on any atom is -0.388 e. The summed E-state index contributed by atoms with van der Waals surface area (Å²) < 4.78 is 1.93. The van der Waals surface area contributed by atoms with Crippen molar-refractivity contribution in [2.45, 2.75) is 50.3 Å². The van der Waals surface area contributed by atoms with Gasteiger partial charge in [0.15, 0.2) is 5.82 Å². The van der Waals surface area contributed by atoms with E-state index in [0.29, 0.717) is 23.8 Å². The summed E-state index contributed by atoms with van der Waals surface area (Å²) in [6.45, 7) is 2.03. The minimum atomic E-state index is -0.0537. The summed E-state index contributed by atoms with van der Waals surface area (Å²) in [5.74, 6) is 2.09. The number of hydrogen-bond donors (Lipinski definition) is 2. The van der Waals surface area contributed by atoms with E-state index in [1.165, 1.54) is 0 Å². The Hall–Kier alpha value is -1.63. The molecular weight excluding hydrogens is 350 g/mol. The van der Waals surface area contributed by atoms with Gasteiger partial charge in [-0.3, -0.25) is 0 Å². The van der Waals surface area contributed by atoms with Crippen molar-refractivity contribution in [2.75, 3.05) is 18.0 Å². The molecular formula is C19H26ClN5O. The molecule has 2 aromatic rings. The van der Waals surface area contributed by atoms with Gasteiger partial charge in [0.05, 0.1) is 10.7 Å². The predicted octanol–water partition coefficient (Wildman–Crippen LogP) is 2.47. The Morgan fingerprint density at radius 1 is 1.15 bits per heavy atom. The van der Waals surface area contributed by atoms with Gasteiger partial charge in [-0.1, -0.05) is 23.7 Å². The molecule has 0 amide bonds. The number of halogens is 1. The number of hydrogen-bond acceptors (Lipinski definition) is 5. The van der Waals surface area contributed by atoms with E-state index >= 15 is 0 Å². The van der Waals surface area contributed by atoms with E-state index in [9.17, 15) is 5.11 Å². The van der Waals surface area contributed by atoms with Gasteiger partial charge < -0.3 is 19.9 Å². The van der Waals surface area contributed by atoms with Crippen molar-refractivity contribution in [3.63, 3.8) is 0 Å². The van der Waals surface area contributed by atoms with E-state index in [1.54, 1.807) is 0 Å². The molecule has 140 valence electrons. The summed E-state index contributed by atoms with van der Waals surface area (Å²) >= 11 is 6.32. The molecule has 2 N–H and O–H groups in total. The van der Waals surface area contributed by atoms with E-state index in [0.717, 1.165) is 55.3 Å². The normalized spacial score (nSPS) is 23.9. The molecule has 1 aliphatic heterocycles. The van der Waals surface area contributed by atoms with Gasteiger partial charge in [-0.25, -0.2) is 0 Å². The minimum absolute atomic E-state index is 0.0537. The number of aliphatic hydroxyl groups excluding tert-OH is 1. The van der Waals surface area contributed by atoms with E-state index in [-0.39, 0.29) is 6.61 Å². The van der Waals surface area contributed by atoms with Crippen LogP contribution in [0.25, 0.3) is 0 Å². The maximum atomic E-state index is 9.25. The third kappa shape index (κ3) is 3.46. The van der Waals surface area contributed by atoms with Gasteiger partial charge in [-0.2, -0.15) is 0 Å². The Balaban J connectivity index is 1.25. The van der Waals surface area contributed by atoms with Crippen LogP contribution in [0.5, 0.6) is 0 Å². The zero-order valence-corrected chi connectivity index (χ0v) is 15.9. The highest BCUT2D eigenvalue weighted by molar-refractivity contribution is 6.33. The van der Waals surface area contributed by atoms with Crippen LogP contribution in [0.15, 0.2) is 24.3 Å². The number of aliphatic hydroxyl groups is 1. The first kappa shape index (κ1) is 17.8. The summed E-state index contributed by atoms with van der Waals surface area (Å²) in [4.78, 5) is 2.39. The second kappa shape index (κ2) is 7.55. The number of aromatic nitrogens is 3. The lowest BCUT2D eigenvalue weighted by atomic mass is 9.79. The molecule has 1 aromatic carbocycles. The van der Waals surface area contributed by atoms with Crippen molar-refractivity contribution < 1.29 is 5.11 Å². The van der Waals surface area contributed by atoms with Gasteiger partial charge in [0.1, 0.15) is 12.4 Å². The zero-order chi connectivity index (χ0) is 18.1. The van der Waals surface area contributed by atoms with Crippen molar-refractivity contribution >= 4 is 17.3 Å². The molecule has 2 heterocycles. The van der Waals surface area contributed by atoms with Crippen LogP contribution in [-0.4, -0.2) is 45.0 Å². The molecule has 7 heteroatoms. The van der Waals surface area contributed by atoms with Crippen molar-refractivity contribution in [3.8, 4) is 0 Å². The highest BCUT2D eigenvalue weighted by Crippen LogP contribution is 2.37. The molecule has 0 spiro atoms. The van der Waals surface area contributed by atoms with Crippen LogP contribution in [0.1, 0.15) is 43.3 Å². The smallest absolute Gasteiger partial charge is 0.158 e. The molecule has 0 atom stereocenters. The first-order valence-electron chi connectivity index (χ1n) is 9.40. The average molecular weight is 376 g/mol. The van der Waals surface area contributed by atoms with Crippen LogP contribution in [0, 0.1) is 0 Å². The van der Waals surface area contributed by atoms with Crippen LogP contribution in [0.3, 0.4) is 0 Å². The van der Waals surface area contributed by atoms with Crippen LogP contribution in [0.4, 0.5) is 5.69 Å². The molecule has 1 aromatic heterocycles. The van der Waals surface area contributed by atoms with Gasteiger partial charge in [0, 0.05) is 38.1 Å². The second-order valence-electron chi connectivity index (χ2n) is 7.44. The molecule has 2 fully saturated rings. The van der Waals surface area contributed by atoms with E-state index in [4.69, 9.17) is 11.6 Å². The Morgan fingerprint density at radius 3 is 2.54 bits per heavy atom. The summed E-state index contributed by atoms with van der Waals surface area (Å²) in [5.41, 5.74) is 1.15. The van der Waals surface area contributed by atoms with Gasteiger partial charge in [0.25, 0.3) is 0 Å². The topological polar surface area (TPSA) is 66.2 Å². The summed E-state index contributed by atoms with van der Waals surface area (Å²) in [5, 5.41) is 22.2. The summed E-state index contributed by atoms with van der Waals surface area (Å²) in [6, 6.07) is 9.24. The number of nitrogens with zero attached hydrogens (tertiary/aromatic N) is 4. The van der Waals surface area contributed by atoms with Gasteiger partial charge in [-0.05, 0) is 37.8 Å². The first-order valence-corrected chi connectivity index (χ1v) is 9.78. The number of nitrogens with one attached hydrogen (secondary N) is 1. The number of piperidine rings is 1. The Bertz CT molecular complexity index is 750. The zero-order valence-electron chi connectivity index (χ0n) is 15.1. The third-order valence-electron chi connectivity index (χ3n) is 5.80. The van der Waals surface area contributed by atoms with Crippen molar-refractivity contribution in [3.05, 3.63) is 40.9 Å². The van der Waals surface area contributed by atoms with Crippen LogP contribution in [-0.2, 0) is 13.7 Å². The fraction of sp³-hybridized carbons (Fsp3) is 0.579. The molecule has 0 radical (unpaired) electrons. The lowest BCUT2D eigenvalue weighted by molar-refractivity contribution is 0.236. The van der Waals surface area contributed by atoms with Crippen molar-refractivity contribution in [1.29, 1.82) is 0 Å². The predicted molar refractivity (Wildman–Crippen MR) is 103 cm³/mol. The van der Waals surface area contributed by atoms with Crippen LogP contribution < -0.4 is 10.2 Å². The second-order valence-corrected chi connectivity index (χ2v) is 7.84. The number of benzene rings is 1. The molecule has 0 bridgehead atoms. The van der Waals surface area contributed by atoms with E-state index in [1.807, 2.05) is 23.7 Å². The van der Waals surface area contributed by atoms with Crippen LogP contribution in [0.2, 0.25) is 5.02 Å². The molecule has 4 rings (SSSR count). The number of para-hydroxylation sites is 1. The molecule has 2 aliphatic rings. The molecule has 26 heavy (non-hydrogen) atoms. The summed E-state index contributed by atoms with van der Waals surface area (Å²) in [6.07, 6.45) is 4.49. The number of anilines is 1. The van der Waals surface area contributed by atoms with Gasteiger partial charge >= 0.3 is 0 Å². The fourth-order valence-corrected chi connectivity index (χ4v) is 4.42. The third-order valence-corrected chi connectivity index (χ3v) is 6.12. The standard InChI is InChI=1S/C19H26ClN5O/c1-24-18(12-26)22-23-19(24)13-10-15(11-13)21-14-6-8-25(9-7-14)17-5-3-2-4-16(17)20/h2-5,13-15,21,26H,6-12H2,1H3. The first-order chi connectivity index (χ1) is 12.7. The van der Waals surface area contributed by atoms with Crippen molar-refractivity contribution in [1.82, 2.24) is 20.1 Å². The maximum Gasteiger partial charge on any atom is 0.158 e. The lowest BCUT2D eigenvalue weighted by Crippen LogP contribution is -2.50. The summed E-state index contributed by atoms with van der Waals surface area (Å²) in [7, 11) is 1.94. The Kier molecular flexibility index (Phi) is 5.16. The molecule has 6 nitrogen and oxygen atoms in total. The highest BCUT2D eigenvalue weighted by Gasteiger charge is 2.35. The Labute approximate surface area is 159 Å². The highest BCUT2D eigenvalue weighted by atomic mass is 35.5. The largest absolute Gasteiger partial charge is 0.388 e. The van der Waals surface area contributed by atoms with E-state index < -0.39 is 0 Å². The monoisotopic (exact) mass is 375 g/mol. The van der Waals surface area contributed by atoms with E-state index in [2.05, 4.69) is 32.5 Å². The van der Waals surface area contributed by atoms with Crippen molar-refractivity contribution in [2.24, 2.45) is 7.05 Å². The lowest BCUT2D eigenvalue weighted by Gasteiger charge is -2.41. The number of rotatable bonds is 5. The van der Waals surface area contributed by atoms with Crippen LogP contribution >= 0.6 is 11.6 Å². The molecule has 1 aliphatic carbocycles. The maximum absolute atomic E-state index is 9.25. The molecule has 1 saturated heterocycles. The average Bonchev–Trinajstić information content (AvgIpc) is 2.99. The van der Waals surface area contributed by atoms with Gasteiger partial charge in [0.2, 0.25) is 0 Å². The quantitative estimate of drug-likeness (QED) is 0.840. The molecule has 1 saturated carbocycles. The van der Waals surface area contributed by atoms with Gasteiger partial charge in [-0.15, -0.1) is 10.2 Å². The Morgan fingerprint density at radius 2 is 1.88 bits per heavy atom. The SMILES string of the molecule is Cn1c(CO)nnc1C1CC(NC2CCN(c3ccccc3Cl)CC2)C1.